The van der Waals surface area contributed by atoms with Gasteiger partial charge in [0.05, 0.1) is 12.1 Å². The molecule has 0 spiro atoms. The van der Waals surface area contributed by atoms with Crippen LogP contribution in [-0.2, 0) is 6.18 Å². The smallest absolute Gasteiger partial charge is 0.339 e. The zero-order valence-electron chi connectivity index (χ0n) is 16.1. The van der Waals surface area contributed by atoms with Gasteiger partial charge in [-0.1, -0.05) is 12.1 Å². The van der Waals surface area contributed by atoms with Gasteiger partial charge in [-0.05, 0) is 48.8 Å². The number of carbonyl (C=O) groups is 1. The van der Waals surface area contributed by atoms with Crippen LogP contribution in [0.25, 0.3) is 0 Å². The molecule has 2 aliphatic rings. The van der Waals surface area contributed by atoms with Gasteiger partial charge >= 0.3 is 6.18 Å². The van der Waals surface area contributed by atoms with Crippen molar-refractivity contribution < 1.29 is 22.4 Å². The number of hydrogen-bond donors (Lipinski definition) is 1. The molecule has 4 rings (SSSR count). The molecule has 1 saturated heterocycles. The lowest BCUT2D eigenvalue weighted by Crippen LogP contribution is -2.26. The molecule has 0 radical (unpaired) electrons. The van der Waals surface area contributed by atoms with Gasteiger partial charge in [-0.25, -0.2) is 9.37 Å². The molecule has 0 amide bonds. The van der Waals surface area contributed by atoms with Crippen molar-refractivity contribution in [2.75, 3.05) is 18.0 Å². The lowest BCUT2D eigenvalue weighted by molar-refractivity contribution is -0.137. The maximum Gasteiger partial charge on any atom is 0.416 e. The minimum absolute atomic E-state index is 0.00591. The van der Waals surface area contributed by atoms with E-state index in [9.17, 15) is 27.2 Å². The van der Waals surface area contributed by atoms with E-state index in [0.717, 1.165) is 31.0 Å². The van der Waals surface area contributed by atoms with Crippen molar-refractivity contribution in [3.8, 4) is 0 Å². The van der Waals surface area contributed by atoms with Crippen LogP contribution >= 0.6 is 0 Å². The number of aromatic amines is 1. The standard InChI is InChI=1S/C21H21F4N3O2/c22-15-7-8-28(11-15)20-26-17(10-19(30)27-20)18(29)9-16(12-1-2-12)13-3-5-14(6-4-13)21(23,24)25/h3-6,10,12,15-16H,1-2,7-9,11H2,(H,26,27,30)/t15-,16+/m0/s1. The summed E-state index contributed by atoms with van der Waals surface area (Å²) in [6, 6.07) is 6.01. The molecule has 1 N–H and O–H groups in total. The number of alkyl halides is 4. The van der Waals surface area contributed by atoms with Gasteiger partial charge < -0.3 is 4.90 Å². The number of halogens is 4. The number of nitrogens with zero attached hydrogens (tertiary/aromatic N) is 2. The number of anilines is 1. The highest BCUT2D eigenvalue weighted by Gasteiger charge is 2.36. The van der Waals surface area contributed by atoms with Crippen molar-refractivity contribution in [2.24, 2.45) is 5.92 Å². The maximum absolute atomic E-state index is 13.5. The molecule has 2 atom stereocenters. The molecule has 2 aromatic rings. The van der Waals surface area contributed by atoms with E-state index in [-0.39, 0.29) is 42.2 Å². The molecule has 1 aromatic carbocycles. The number of carbonyl (C=O) groups excluding carboxylic acids is 1. The molecule has 1 saturated carbocycles. The third kappa shape index (κ3) is 4.55. The largest absolute Gasteiger partial charge is 0.416 e. The van der Waals surface area contributed by atoms with Gasteiger partial charge in [0.1, 0.15) is 11.9 Å². The van der Waals surface area contributed by atoms with E-state index < -0.39 is 23.5 Å². The summed E-state index contributed by atoms with van der Waals surface area (Å²) in [6.07, 6.45) is -3.23. The monoisotopic (exact) mass is 423 g/mol. The third-order valence-corrected chi connectivity index (χ3v) is 5.71. The summed E-state index contributed by atoms with van der Waals surface area (Å²) in [6.45, 7) is 0.509. The molecule has 30 heavy (non-hydrogen) atoms. The van der Waals surface area contributed by atoms with E-state index in [1.807, 2.05) is 0 Å². The first kappa shape index (κ1) is 20.6. The molecule has 9 heteroatoms. The summed E-state index contributed by atoms with van der Waals surface area (Å²) in [7, 11) is 0. The van der Waals surface area contributed by atoms with Gasteiger partial charge in [0.15, 0.2) is 5.78 Å². The number of benzene rings is 1. The second-order valence-corrected chi connectivity index (χ2v) is 7.98. The molecule has 1 aliphatic heterocycles. The quantitative estimate of drug-likeness (QED) is 0.561. The van der Waals surface area contributed by atoms with E-state index in [1.54, 1.807) is 4.90 Å². The summed E-state index contributed by atoms with van der Waals surface area (Å²) in [5, 5.41) is 0. The first-order valence-electron chi connectivity index (χ1n) is 9.91. The minimum Gasteiger partial charge on any atom is -0.339 e. The van der Waals surface area contributed by atoms with Crippen LogP contribution in [0.4, 0.5) is 23.5 Å². The number of aromatic nitrogens is 2. The number of H-pyrrole nitrogens is 1. The van der Waals surface area contributed by atoms with Gasteiger partial charge in [0.25, 0.3) is 5.56 Å². The van der Waals surface area contributed by atoms with Gasteiger partial charge in [-0.3, -0.25) is 14.6 Å². The summed E-state index contributed by atoms with van der Waals surface area (Å²) in [5.41, 5.74) is -0.565. The van der Waals surface area contributed by atoms with E-state index in [1.165, 1.54) is 12.1 Å². The Morgan fingerprint density at radius 3 is 2.47 bits per heavy atom. The number of Topliss-reactive ketones (excluding diaryl/α,β-unsaturated/α-hetero) is 1. The van der Waals surface area contributed by atoms with E-state index in [2.05, 4.69) is 9.97 Å². The maximum atomic E-state index is 13.5. The second kappa shape index (κ2) is 7.85. The molecular weight excluding hydrogens is 402 g/mol. The molecule has 2 fully saturated rings. The Labute approximate surface area is 170 Å². The number of nitrogens with one attached hydrogen (secondary N) is 1. The Hall–Kier alpha value is -2.71. The number of ketones is 1. The highest BCUT2D eigenvalue weighted by Crippen LogP contribution is 2.45. The van der Waals surface area contributed by atoms with Crippen LogP contribution in [0.15, 0.2) is 35.1 Å². The van der Waals surface area contributed by atoms with Crippen molar-refractivity contribution in [3.63, 3.8) is 0 Å². The molecule has 5 nitrogen and oxygen atoms in total. The molecule has 2 heterocycles. The van der Waals surface area contributed by atoms with Crippen molar-refractivity contribution >= 4 is 11.7 Å². The lowest BCUT2D eigenvalue weighted by Gasteiger charge is -2.18. The predicted molar refractivity (Wildman–Crippen MR) is 102 cm³/mol. The Kier molecular flexibility index (Phi) is 5.38. The highest BCUT2D eigenvalue weighted by molar-refractivity contribution is 5.95. The minimum atomic E-state index is -4.41. The third-order valence-electron chi connectivity index (χ3n) is 5.71. The molecular formula is C21H21F4N3O2. The van der Waals surface area contributed by atoms with Crippen LogP contribution in [0.2, 0.25) is 0 Å². The second-order valence-electron chi connectivity index (χ2n) is 7.98. The number of hydrogen-bond acceptors (Lipinski definition) is 4. The molecule has 0 bridgehead atoms. The van der Waals surface area contributed by atoms with Crippen molar-refractivity contribution in [3.05, 3.63) is 57.5 Å². The normalized spacial score (nSPS) is 20.4. The summed E-state index contributed by atoms with van der Waals surface area (Å²) in [4.78, 5) is 33.3. The van der Waals surface area contributed by atoms with Crippen LogP contribution in [-0.4, -0.2) is 35.0 Å². The summed E-state index contributed by atoms with van der Waals surface area (Å²) < 4.78 is 52.0. The Morgan fingerprint density at radius 2 is 1.90 bits per heavy atom. The molecule has 0 unspecified atom stereocenters. The van der Waals surface area contributed by atoms with Crippen molar-refractivity contribution in [2.45, 2.75) is 43.9 Å². The topological polar surface area (TPSA) is 66.1 Å². The van der Waals surface area contributed by atoms with Gasteiger partial charge in [0, 0.05) is 19.0 Å². The van der Waals surface area contributed by atoms with Crippen LogP contribution < -0.4 is 10.5 Å². The van der Waals surface area contributed by atoms with Crippen LogP contribution in [0, 0.1) is 5.92 Å². The van der Waals surface area contributed by atoms with Gasteiger partial charge in [0.2, 0.25) is 5.95 Å². The van der Waals surface area contributed by atoms with E-state index >= 15 is 0 Å². The van der Waals surface area contributed by atoms with Crippen molar-refractivity contribution in [1.82, 2.24) is 9.97 Å². The highest BCUT2D eigenvalue weighted by atomic mass is 19.4. The zero-order valence-corrected chi connectivity index (χ0v) is 16.1. The Bertz CT molecular complexity index is 983. The first-order valence-corrected chi connectivity index (χ1v) is 9.91. The summed E-state index contributed by atoms with van der Waals surface area (Å²) in [5.74, 6) is -0.192. The van der Waals surface area contributed by atoms with Gasteiger partial charge in [-0.2, -0.15) is 13.2 Å². The Balaban J connectivity index is 1.54. The van der Waals surface area contributed by atoms with Crippen LogP contribution in [0.1, 0.15) is 53.2 Å². The van der Waals surface area contributed by atoms with Crippen molar-refractivity contribution in [1.29, 1.82) is 0 Å². The van der Waals surface area contributed by atoms with Gasteiger partial charge in [-0.15, -0.1) is 0 Å². The van der Waals surface area contributed by atoms with Crippen LogP contribution in [0.3, 0.4) is 0 Å². The predicted octanol–water partition coefficient (Wildman–Crippen LogP) is 4.10. The Morgan fingerprint density at radius 1 is 1.20 bits per heavy atom. The fraction of sp³-hybridized carbons (Fsp3) is 0.476. The fourth-order valence-electron chi connectivity index (χ4n) is 3.93. The number of rotatable bonds is 6. The first-order chi connectivity index (χ1) is 14.2. The lowest BCUT2D eigenvalue weighted by atomic mass is 9.88. The molecule has 1 aromatic heterocycles. The molecule has 160 valence electrons. The van der Waals surface area contributed by atoms with E-state index in [4.69, 9.17) is 0 Å². The average molecular weight is 423 g/mol. The SMILES string of the molecule is O=C(C[C@@H](c1ccc(C(F)(F)F)cc1)C1CC1)c1cc(=O)[nH]c(N2CC[C@H](F)C2)n1. The fourth-order valence-corrected chi connectivity index (χ4v) is 3.93. The average Bonchev–Trinajstić information content (AvgIpc) is 3.44. The van der Waals surface area contributed by atoms with Crippen LogP contribution in [0.5, 0.6) is 0 Å². The molecule has 1 aliphatic carbocycles. The summed E-state index contributed by atoms with van der Waals surface area (Å²) >= 11 is 0. The van der Waals surface area contributed by atoms with E-state index in [0.29, 0.717) is 18.5 Å². The zero-order chi connectivity index (χ0) is 21.5.